The van der Waals surface area contributed by atoms with Crippen molar-refractivity contribution in [3.05, 3.63) is 42.5 Å². The van der Waals surface area contributed by atoms with Crippen LogP contribution in [0.4, 0.5) is 26.5 Å². The van der Waals surface area contributed by atoms with Crippen molar-refractivity contribution in [1.82, 2.24) is 15.3 Å². The van der Waals surface area contributed by atoms with Gasteiger partial charge in [0.05, 0.1) is 24.5 Å². The highest BCUT2D eigenvalue weighted by molar-refractivity contribution is 5.90. The van der Waals surface area contributed by atoms with Crippen LogP contribution in [0.5, 0.6) is 0 Å². The van der Waals surface area contributed by atoms with Crippen LogP contribution in [0.25, 0.3) is 0 Å². The van der Waals surface area contributed by atoms with Crippen molar-refractivity contribution in [1.29, 1.82) is 0 Å². The third-order valence-corrected chi connectivity index (χ3v) is 6.09. The normalized spacial score (nSPS) is 26.5. The fourth-order valence-electron chi connectivity index (χ4n) is 4.48. The molecule has 3 heterocycles. The van der Waals surface area contributed by atoms with Crippen LogP contribution in [0.2, 0.25) is 0 Å². The molecule has 2 aliphatic heterocycles. The van der Waals surface area contributed by atoms with Gasteiger partial charge in [0.1, 0.15) is 11.9 Å². The van der Waals surface area contributed by atoms with Crippen LogP contribution in [0, 0.1) is 17.7 Å². The lowest BCUT2D eigenvalue weighted by Gasteiger charge is -2.24. The maximum atomic E-state index is 14.9. The van der Waals surface area contributed by atoms with Crippen molar-refractivity contribution in [2.75, 3.05) is 41.3 Å². The molecule has 5 rings (SSSR count). The van der Waals surface area contributed by atoms with Crippen molar-refractivity contribution < 1.29 is 18.7 Å². The number of carbonyl (C=O) groups excluding carboxylic acids is 2. The Bertz CT molecular complexity index is 994. The molecule has 1 aliphatic carbocycles. The number of carbonyl (C=O) groups is 2. The monoisotopic (exact) mass is 426 g/mol. The van der Waals surface area contributed by atoms with E-state index >= 15 is 0 Å². The smallest absolute Gasteiger partial charge is 0.414 e. The first-order valence-electron chi connectivity index (χ1n) is 10.3. The summed E-state index contributed by atoms with van der Waals surface area (Å²) in [6.45, 7) is 3.42. The second-order valence-electron chi connectivity index (χ2n) is 8.16. The van der Waals surface area contributed by atoms with Gasteiger partial charge in [0.25, 0.3) is 0 Å². The van der Waals surface area contributed by atoms with Gasteiger partial charge in [-0.15, -0.1) is 0 Å². The first kappa shape index (κ1) is 19.5. The predicted molar refractivity (Wildman–Crippen MR) is 111 cm³/mol. The minimum Gasteiger partial charge on any atom is -0.442 e. The summed E-state index contributed by atoms with van der Waals surface area (Å²) in [7, 11) is 0. The largest absolute Gasteiger partial charge is 0.442 e. The van der Waals surface area contributed by atoms with Crippen LogP contribution >= 0.6 is 0 Å². The molecule has 1 aromatic heterocycles. The van der Waals surface area contributed by atoms with Gasteiger partial charge < -0.3 is 20.3 Å². The van der Waals surface area contributed by atoms with E-state index in [9.17, 15) is 14.0 Å². The number of halogens is 1. The Morgan fingerprint density at radius 2 is 1.97 bits per heavy atom. The van der Waals surface area contributed by atoms with E-state index in [1.54, 1.807) is 30.6 Å². The van der Waals surface area contributed by atoms with Crippen molar-refractivity contribution in [3.8, 4) is 0 Å². The molecule has 2 saturated heterocycles. The molecule has 1 aromatic carbocycles. The predicted octanol–water partition coefficient (Wildman–Crippen LogP) is 1.62. The molecule has 0 spiro atoms. The number of hydrogen-bond donors (Lipinski definition) is 2. The molecule has 1 saturated carbocycles. The van der Waals surface area contributed by atoms with Crippen LogP contribution < -0.4 is 20.4 Å². The van der Waals surface area contributed by atoms with Gasteiger partial charge in [-0.1, -0.05) is 0 Å². The summed E-state index contributed by atoms with van der Waals surface area (Å²) in [6.07, 6.45) is 2.41. The quantitative estimate of drug-likeness (QED) is 0.724. The number of hydrogen-bond acceptors (Lipinski definition) is 7. The van der Waals surface area contributed by atoms with Gasteiger partial charge >= 0.3 is 6.09 Å². The van der Waals surface area contributed by atoms with Gasteiger partial charge in [0, 0.05) is 50.3 Å². The number of cyclic esters (lactones) is 1. The molecule has 9 nitrogen and oxygen atoms in total. The van der Waals surface area contributed by atoms with Crippen molar-refractivity contribution >= 4 is 29.3 Å². The van der Waals surface area contributed by atoms with E-state index < -0.39 is 12.2 Å². The summed E-state index contributed by atoms with van der Waals surface area (Å²) in [5, 5.41) is 5.98. The van der Waals surface area contributed by atoms with Crippen LogP contribution in [0.3, 0.4) is 0 Å². The number of nitrogens with zero attached hydrogens (tertiary/aromatic N) is 4. The van der Waals surface area contributed by atoms with Gasteiger partial charge in [0.15, 0.2) is 0 Å². The molecule has 3 aliphatic rings. The Morgan fingerprint density at radius 1 is 1.23 bits per heavy atom. The molecule has 2 unspecified atom stereocenters. The standard InChI is InChI=1S/C21H23FN6O3/c1-12(29)25-8-14-9-28(21(30)31-14)13-3-4-18(17(22)7-13)27-10-15-16(11-27)19(15)26-20-23-5-2-6-24-20/h2-7,14-16,19H,8-11H2,1H3,(H,25,29)(H,23,24,26)/t14-,15?,16?,19?/m0/s1. The highest BCUT2D eigenvalue weighted by Crippen LogP contribution is 2.48. The summed E-state index contributed by atoms with van der Waals surface area (Å²) in [6, 6.07) is 6.92. The lowest BCUT2D eigenvalue weighted by molar-refractivity contribution is -0.119. The maximum absolute atomic E-state index is 14.9. The third-order valence-electron chi connectivity index (χ3n) is 6.09. The zero-order valence-electron chi connectivity index (χ0n) is 17.0. The van der Waals surface area contributed by atoms with Crippen LogP contribution in [0.15, 0.2) is 36.7 Å². The first-order valence-corrected chi connectivity index (χ1v) is 10.3. The van der Waals surface area contributed by atoms with E-state index in [-0.39, 0.29) is 24.8 Å². The van der Waals surface area contributed by atoms with E-state index in [0.29, 0.717) is 35.2 Å². The van der Waals surface area contributed by atoms with Crippen LogP contribution in [0.1, 0.15) is 6.92 Å². The Labute approximate surface area is 178 Å². The summed E-state index contributed by atoms with van der Waals surface area (Å²) >= 11 is 0. The molecule has 10 heteroatoms. The highest BCUT2D eigenvalue weighted by Gasteiger charge is 2.56. The van der Waals surface area contributed by atoms with E-state index in [1.165, 1.54) is 17.9 Å². The molecule has 3 fully saturated rings. The lowest BCUT2D eigenvalue weighted by Crippen LogP contribution is -2.33. The lowest BCUT2D eigenvalue weighted by atomic mass is 10.2. The number of rotatable bonds is 6. The molecular formula is C21H23FN6O3. The SMILES string of the molecule is CC(=O)NC[C@H]1CN(c2ccc(N3CC4C(C3)C4Nc3ncccn3)c(F)c2)C(=O)O1. The van der Waals surface area contributed by atoms with Crippen molar-refractivity contribution in [2.24, 2.45) is 11.8 Å². The van der Waals surface area contributed by atoms with E-state index in [2.05, 4.69) is 20.6 Å². The fourth-order valence-corrected chi connectivity index (χ4v) is 4.48. The number of amides is 2. The molecule has 162 valence electrons. The first-order chi connectivity index (χ1) is 15.0. The van der Waals surface area contributed by atoms with Gasteiger partial charge in [-0.2, -0.15) is 0 Å². The third kappa shape index (κ3) is 3.85. The second kappa shape index (κ2) is 7.68. The maximum Gasteiger partial charge on any atom is 0.414 e. The van der Waals surface area contributed by atoms with Gasteiger partial charge in [-0.3, -0.25) is 9.69 Å². The Balaban J connectivity index is 1.20. The topological polar surface area (TPSA) is 99.7 Å². The van der Waals surface area contributed by atoms with E-state index in [1.807, 2.05) is 4.90 Å². The Kier molecular flexibility index (Phi) is 4.84. The number of nitrogens with one attached hydrogen (secondary N) is 2. The molecule has 3 atom stereocenters. The number of fused-ring (bicyclic) bond motifs is 1. The van der Waals surface area contributed by atoms with Crippen molar-refractivity contribution in [3.63, 3.8) is 0 Å². The molecule has 2 N–H and O–H groups in total. The molecule has 2 amide bonds. The van der Waals surface area contributed by atoms with E-state index in [0.717, 1.165) is 13.1 Å². The summed E-state index contributed by atoms with van der Waals surface area (Å²) in [5.74, 6) is 0.936. The number of benzene rings is 1. The van der Waals surface area contributed by atoms with Crippen molar-refractivity contribution in [2.45, 2.75) is 19.1 Å². The minimum absolute atomic E-state index is 0.192. The second-order valence-corrected chi connectivity index (χ2v) is 8.16. The van der Waals surface area contributed by atoms with E-state index in [4.69, 9.17) is 4.74 Å². The minimum atomic E-state index is -0.540. The Hall–Kier alpha value is -3.43. The zero-order valence-corrected chi connectivity index (χ0v) is 17.0. The number of aromatic nitrogens is 2. The van der Waals surface area contributed by atoms with Gasteiger partial charge in [-0.05, 0) is 24.3 Å². The fraction of sp³-hybridized carbons (Fsp3) is 0.429. The zero-order chi connectivity index (χ0) is 21.5. The molecule has 2 aromatic rings. The number of anilines is 3. The molecular weight excluding hydrogens is 403 g/mol. The highest BCUT2D eigenvalue weighted by atomic mass is 19.1. The average molecular weight is 426 g/mol. The van der Waals surface area contributed by atoms with Crippen LogP contribution in [-0.4, -0.2) is 60.3 Å². The van der Waals surface area contributed by atoms with Crippen LogP contribution in [-0.2, 0) is 9.53 Å². The molecule has 0 radical (unpaired) electrons. The Morgan fingerprint density at radius 3 is 2.65 bits per heavy atom. The number of ether oxygens (including phenoxy) is 1. The summed E-state index contributed by atoms with van der Waals surface area (Å²) < 4.78 is 20.2. The molecule has 31 heavy (non-hydrogen) atoms. The summed E-state index contributed by atoms with van der Waals surface area (Å²) in [5.41, 5.74) is 0.981. The molecule has 0 bridgehead atoms. The van der Waals surface area contributed by atoms with Gasteiger partial charge in [-0.25, -0.2) is 19.2 Å². The van der Waals surface area contributed by atoms with Gasteiger partial charge in [0.2, 0.25) is 11.9 Å². The summed E-state index contributed by atoms with van der Waals surface area (Å²) in [4.78, 5) is 35.0. The average Bonchev–Trinajstić information content (AvgIpc) is 3.07. The number of piperidine rings is 1.